The fraction of sp³-hybridized carbons (Fsp3) is 0.333. The van der Waals surface area contributed by atoms with Gasteiger partial charge in [-0.3, -0.25) is 9.59 Å². The number of rotatable bonds is 6. The molecule has 27 heavy (non-hydrogen) atoms. The highest BCUT2D eigenvalue weighted by Gasteiger charge is 2.26. The molecule has 1 aliphatic rings. The SMILES string of the molecule is COc1ccc(CNC(=O)[C@@H](C)NC(=O)[C@@H]2Cc3ccccc3CN2)cc1. The lowest BCUT2D eigenvalue weighted by Gasteiger charge is -2.26. The lowest BCUT2D eigenvalue weighted by molar-refractivity contribution is -0.129. The molecular weight excluding hydrogens is 342 g/mol. The van der Waals surface area contributed by atoms with Gasteiger partial charge in [0.2, 0.25) is 11.8 Å². The Morgan fingerprint density at radius 3 is 2.56 bits per heavy atom. The number of fused-ring (bicyclic) bond motifs is 1. The zero-order valence-corrected chi connectivity index (χ0v) is 15.6. The van der Waals surface area contributed by atoms with E-state index in [4.69, 9.17) is 4.74 Å². The van der Waals surface area contributed by atoms with Gasteiger partial charge < -0.3 is 20.7 Å². The van der Waals surface area contributed by atoms with Gasteiger partial charge in [0.1, 0.15) is 11.8 Å². The minimum absolute atomic E-state index is 0.156. The number of benzene rings is 2. The molecule has 0 saturated carbocycles. The molecule has 0 aromatic heterocycles. The second-order valence-corrected chi connectivity index (χ2v) is 6.70. The van der Waals surface area contributed by atoms with Crippen LogP contribution < -0.4 is 20.7 Å². The first-order valence-electron chi connectivity index (χ1n) is 9.08. The van der Waals surface area contributed by atoms with E-state index in [1.807, 2.05) is 42.5 Å². The average Bonchev–Trinajstić information content (AvgIpc) is 2.71. The van der Waals surface area contributed by atoms with Gasteiger partial charge in [0.15, 0.2) is 0 Å². The topological polar surface area (TPSA) is 79.5 Å². The summed E-state index contributed by atoms with van der Waals surface area (Å²) in [6, 6.07) is 14.6. The summed E-state index contributed by atoms with van der Waals surface area (Å²) < 4.78 is 5.12. The minimum atomic E-state index is -0.602. The van der Waals surface area contributed by atoms with E-state index in [0.717, 1.165) is 11.3 Å². The molecule has 0 unspecified atom stereocenters. The van der Waals surface area contributed by atoms with E-state index in [1.54, 1.807) is 14.0 Å². The molecule has 2 aromatic rings. The molecule has 1 heterocycles. The molecule has 0 radical (unpaired) electrons. The fourth-order valence-corrected chi connectivity index (χ4v) is 3.10. The lowest BCUT2D eigenvalue weighted by atomic mass is 9.95. The van der Waals surface area contributed by atoms with E-state index in [9.17, 15) is 9.59 Å². The van der Waals surface area contributed by atoms with Crippen LogP contribution in [-0.4, -0.2) is 31.0 Å². The first-order valence-corrected chi connectivity index (χ1v) is 9.08. The zero-order chi connectivity index (χ0) is 19.2. The van der Waals surface area contributed by atoms with Gasteiger partial charge in [-0.25, -0.2) is 0 Å². The maximum absolute atomic E-state index is 12.5. The molecule has 3 rings (SSSR count). The Labute approximate surface area is 159 Å². The zero-order valence-electron chi connectivity index (χ0n) is 15.6. The molecule has 2 amide bonds. The summed E-state index contributed by atoms with van der Waals surface area (Å²) >= 11 is 0. The van der Waals surface area contributed by atoms with Crippen molar-refractivity contribution in [1.82, 2.24) is 16.0 Å². The van der Waals surface area contributed by atoms with Crippen molar-refractivity contribution in [2.75, 3.05) is 7.11 Å². The van der Waals surface area contributed by atoms with Crippen LogP contribution in [0, 0.1) is 0 Å². The molecule has 0 aliphatic carbocycles. The lowest BCUT2D eigenvalue weighted by Crippen LogP contribution is -2.53. The van der Waals surface area contributed by atoms with Crippen LogP contribution in [-0.2, 0) is 29.1 Å². The van der Waals surface area contributed by atoms with Crippen LogP contribution in [0.4, 0.5) is 0 Å². The predicted molar refractivity (Wildman–Crippen MR) is 103 cm³/mol. The van der Waals surface area contributed by atoms with Crippen LogP contribution in [0.5, 0.6) is 5.75 Å². The van der Waals surface area contributed by atoms with Crippen molar-refractivity contribution in [2.24, 2.45) is 0 Å². The van der Waals surface area contributed by atoms with Crippen molar-refractivity contribution in [1.29, 1.82) is 0 Å². The van der Waals surface area contributed by atoms with E-state index in [0.29, 0.717) is 19.5 Å². The number of amides is 2. The Bertz CT molecular complexity index is 805. The third-order valence-corrected chi connectivity index (χ3v) is 4.78. The molecule has 3 N–H and O–H groups in total. The Hall–Kier alpha value is -2.86. The van der Waals surface area contributed by atoms with Crippen LogP contribution in [0.15, 0.2) is 48.5 Å². The summed E-state index contributed by atoms with van der Waals surface area (Å²) in [5, 5.41) is 8.88. The van der Waals surface area contributed by atoms with E-state index < -0.39 is 6.04 Å². The maximum Gasteiger partial charge on any atom is 0.242 e. The van der Waals surface area contributed by atoms with Crippen LogP contribution in [0.1, 0.15) is 23.6 Å². The molecule has 0 spiro atoms. The van der Waals surface area contributed by atoms with Gasteiger partial charge in [-0.2, -0.15) is 0 Å². The first-order chi connectivity index (χ1) is 13.1. The van der Waals surface area contributed by atoms with Crippen molar-refractivity contribution in [3.8, 4) is 5.75 Å². The number of hydrogen-bond donors (Lipinski definition) is 3. The molecule has 0 bridgehead atoms. The molecular formula is C21H25N3O3. The smallest absolute Gasteiger partial charge is 0.242 e. The predicted octanol–water partition coefficient (Wildman–Crippen LogP) is 1.53. The van der Waals surface area contributed by atoms with E-state index in [1.165, 1.54) is 11.1 Å². The second kappa shape index (κ2) is 8.68. The van der Waals surface area contributed by atoms with E-state index >= 15 is 0 Å². The molecule has 6 heteroatoms. The van der Waals surface area contributed by atoms with Crippen LogP contribution in [0.25, 0.3) is 0 Å². The van der Waals surface area contributed by atoms with Gasteiger partial charge in [-0.1, -0.05) is 36.4 Å². The van der Waals surface area contributed by atoms with Crippen molar-refractivity contribution in [3.05, 3.63) is 65.2 Å². The van der Waals surface area contributed by atoms with Crippen LogP contribution >= 0.6 is 0 Å². The number of ether oxygens (including phenoxy) is 1. The van der Waals surface area contributed by atoms with Crippen LogP contribution in [0.2, 0.25) is 0 Å². The Morgan fingerprint density at radius 1 is 1.15 bits per heavy atom. The van der Waals surface area contributed by atoms with Gasteiger partial charge in [0.25, 0.3) is 0 Å². The quantitative estimate of drug-likeness (QED) is 0.723. The van der Waals surface area contributed by atoms with E-state index in [2.05, 4.69) is 22.0 Å². The molecule has 142 valence electrons. The normalized spacial score (nSPS) is 16.7. The summed E-state index contributed by atoms with van der Waals surface area (Å²) in [4.78, 5) is 24.8. The number of carbonyl (C=O) groups excluding carboxylic acids is 2. The molecule has 2 aromatic carbocycles. The van der Waals surface area contributed by atoms with Crippen molar-refractivity contribution in [2.45, 2.75) is 38.5 Å². The number of hydrogen-bond acceptors (Lipinski definition) is 4. The third-order valence-electron chi connectivity index (χ3n) is 4.78. The monoisotopic (exact) mass is 367 g/mol. The van der Waals surface area contributed by atoms with Gasteiger partial charge >= 0.3 is 0 Å². The number of nitrogens with one attached hydrogen (secondary N) is 3. The van der Waals surface area contributed by atoms with Gasteiger partial charge in [0, 0.05) is 13.1 Å². The van der Waals surface area contributed by atoms with Gasteiger partial charge in [-0.15, -0.1) is 0 Å². The minimum Gasteiger partial charge on any atom is -0.497 e. The van der Waals surface area contributed by atoms with Gasteiger partial charge in [-0.05, 0) is 42.2 Å². The largest absolute Gasteiger partial charge is 0.497 e. The maximum atomic E-state index is 12.5. The Kier molecular flexibility index (Phi) is 6.08. The highest BCUT2D eigenvalue weighted by molar-refractivity contribution is 5.89. The van der Waals surface area contributed by atoms with Gasteiger partial charge in [0.05, 0.1) is 13.2 Å². The molecule has 2 atom stereocenters. The molecule has 0 fully saturated rings. The summed E-state index contributed by atoms with van der Waals surface area (Å²) in [5.41, 5.74) is 3.35. The molecule has 0 saturated heterocycles. The Morgan fingerprint density at radius 2 is 1.85 bits per heavy atom. The molecule has 1 aliphatic heterocycles. The first kappa shape index (κ1) is 18.9. The van der Waals surface area contributed by atoms with Crippen LogP contribution in [0.3, 0.4) is 0 Å². The average molecular weight is 367 g/mol. The number of carbonyl (C=O) groups is 2. The summed E-state index contributed by atoms with van der Waals surface area (Å²) in [6.07, 6.45) is 0.627. The second-order valence-electron chi connectivity index (χ2n) is 6.70. The van der Waals surface area contributed by atoms with Crippen molar-refractivity contribution in [3.63, 3.8) is 0 Å². The summed E-state index contributed by atoms with van der Waals surface area (Å²) in [7, 11) is 1.61. The van der Waals surface area contributed by atoms with E-state index in [-0.39, 0.29) is 17.9 Å². The fourth-order valence-electron chi connectivity index (χ4n) is 3.10. The standard InChI is InChI=1S/C21H25N3O3/c1-14(20(25)23-12-15-7-9-18(27-2)10-8-15)24-21(26)19-11-16-5-3-4-6-17(16)13-22-19/h3-10,14,19,22H,11-13H2,1-2H3,(H,23,25)(H,24,26)/t14-,19+/m1/s1. The summed E-state index contributed by atoms with van der Waals surface area (Å²) in [5.74, 6) is 0.402. The summed E-state index contributed by atoms with van der Waals surface area (Å²) in [6.45, 7) is 2.75. The van der Waals surface area contributed by atoms with Crippen molar-refractivity contribution < 1.29 is 14.3 Å². The third kappa shape index (κ3) is 4.86. The van der Waals surface area contributed by atoms with Crippen molar-refractivity contribution >= 4 is 11.8 Å². The highest BCUT2D eigenvalue weighted by Crippen LogP contribution is 2.16. The molecule has 6 nitrogen and oxygen atoms in total. The Balaban J connectivity index is 1.48. The number of methoxy groups -OCH3 is 1. The highest BCUT2D eigenvalue weighted by atomic mass is 16.5.